The number of nitrogens with one attached hydrogen (secondary N) is 2. The maximum Gasteiger partial charge on any atom is 0.303 e. The number of carbonyl (C=O) groups is 2. The summed E-state index contributed by atoms with van der Waals surface area (Å²) in [4.78, 5) is 41.7. The molecule has 256 valence electrons. The summed E-state index contributed by atoms with van der Waals surface area (Å²) >= 11 is 0. The van der Waals surface area contributed by atoms with Gasteiger partial charge in [0, 0.05) is 49.0 Å². The Kier molecular flexibility index (Phi) is 9.26. The molecule has 1 unspecified atom stereocenters. The van der Waals surface area contributed by atoms with E-state index in [1.165, 1.54) is 35.5 Å². The summed E-state index contributed by atoms with van der Waals surface area (Å²) in [6.45, 7) is 6.18. The number of hydrogen-bond acceptors (Lipinski definition) is 6. The number of hydrogen-bond donors (Lipinski definition) is 3. The molecule has 6 rings (SSSR count). The molecule has 3 N–H and O–H groups in total. The number of aromatic nitrogens is 4. The topological polar surface area (TPSA) is 133 Å². The molecule has 0 saturated heterocycles. The Morgan fingerprint density at radius 3 is 2.69 bits per heavy atom. The second kappa shape index (κ2) is 13.4. The van der Waals surface area contributed by atoms with Gasteiger partial charge in [0.1, 0.15) is 17.4 Å². The fourth-order valence-corrected chi connectivity index (χ4v) is 6.46. The van der Waals surface area contributed by atoms with Crippen molar-refractivity contribution in [1.29, 1.82) is 0 Å². The molecule has 5 aromatic rings. The highest BCUT2D eigenvalue weighted by Crippen LogP contribution is 2.39. The van der Waals surface area contributed by atoms with Gasteiger partial charge in [-0.15, -0.1) is 0 Å². The number of fused-ring (bicyclic) bond motifs is 8. The number of carboxylic acid groups (broad SMARTS) is 1. The lowest BCUT2D eigenvalue weighted by atomic mass is 9.75. The Labute approximate surface area is 282 Å². The van der Waals surface area contributed by atoms with Crippen LogP contribution in [0.15, 0.2) is 61.1 Å². The predicted octanol–water partition coefficient (Wildman–Crippen LogP) is 7.14. The van der Waals surface area contributed by atoms with Gasteiger partial charge in [-0.25, -0.2) is 18.7 Å². The SMILES string of the molecule is CN1Cc2c(c(F)cc3[nH]cnc23)Oc2ccc(F)c(c2)-c2ncc([nH]2)C(C)(c2cccc(CCC(=O)O)c2)CCCOCC(C)(C)C1=O. The molecule has 0 fully saturated rings. The van der Waals surface area contributed by atoms with Crippen LogP contribution in [-0.4, -0.2) is 62.1 Å². The first-order valence-corrected chi connectivity index (χ1v) is 16.2. The second-order valence-corrected chi connectivity index (χ2v) is 13.5. The molecule has 1 aliphatic heterocycles. The highest BCUT2D eigenvalue weighted by atomic mass is 19.1. The zero-order chi connectivity index (χ0) is 34.9. The van der Waals surface area contributed by atoms with E-state index in [9.17, 15) is 14.7 Å². The van der Waals surface area contributed by atoms with Gasteiger partial charge in [0.15, 0.2) is 11.6 Å². The Hall–Kier alpha value is -5.10. The fraction of sp³-hybridized carbons (Fsp3) is 0.351. The summed E-state index contributed by atoms with van der Waals surface area (Å²) in [5.41, 5.74) is 2.35. The number of imidazole rings is 2. The summed E-state index contributed by atoms with van der Waals surface area (Å²) in [7, 11) is 1.64. The molecule has 1 atom stereocenters. The van der Waals surface area contributed by atoms with E-state index in [-0.39, 0.29) is 48.4 Å². The average molecular weight is 672 g/mol. The van der Waals surface area contributed by atoms with Crippen LogP contribution in [0, 0.1) is 17.0 Å². The third-order valence-electron chi connectivity index (χ3n) is 9.24. The van der Waals surface area contributed by atoms with E-state index in [0.29, 0.717) is 42.5 Å². The van der Waals surface area contributed by atoms with Crippen LogP contribution in [0.2, 0.25) is 0 Å². The third-order valence-corrected chi connectivity index (χ3v) is 9.24. The summed E-state index contributed by atoms with van der Waals surface area (Å²) in [5.74, 6) is -2.01. The Morgan fingerprint density at radius 2 is 1.90 bits per heavy atom. The highest BCUT2D eigenvalue weighted by molar-refractivity contribution is 5.84. The van der Waals surface area contributed by atoms with Gasteiger partial charge in [-0.1, -0.05) is 24.3 Å². The smallest absolute Gasteiger partial charge is 0.303 e. The van der Waals surface area contributed by atoms with Crippen molar-refractivity contribution in [3.8, 4) is 22.9 Å². The van der Waals surface area contributed by atoms with E-state index in [1.54, 1.807) is 27.1 Å². The number of aliphatic carboxylic acids is 1. The first kappa shape index (κ1) is 33.8. The summed E-state index contributed by atoms with van der Waals surface area (Å²) in [6.07, 6.45) is 4.72. The van der Waals surface area contributed by atoms with Gasteiger partial charge in [0.05, 0.1) is 41.5 Å². The molecule has 3 heterocycles. The molecule has 10 nitrogen and oxygen atoms in total. The van der Waals surface area contributed by atoms with Gasteiger partial charge in [-0.2, -0.15) is 0 Å². The number of rotatable bonds is 4. The molecule has 1 aliphatic rings. The van der Waals surface area contributed by atoms with Crippen LogP contribution in [0.4, 0.5) is 8.78 Å². The monoisotopic (exact) mass is 671 g/mol. The van der Waals surface area contributed by atoms with E-state index < -0.39 is 28.4 Å². The maximum absolute atomic E-state index is 15.7. The molecule has 1 amide bonds. The van der Waals surface area contributed by atoms with E-state index in [0.717, 1.165) is 16.8 Å². The second-order valence-electron chi connectivity index (χ2n) is 13.5. The summed E-state index contributed by atoms with van der Waals surface area (Å²) in [5, 5.41) is 9.24. The summed E-state index contributed by atoms with van der Waals surface area (Å²) < 4.78 is 43.4. The zero-order valence-electron chi connectivity index (χ0n) is 27.9. The van der Waals surface area contributed by atoms with Crippen LogP contribution in [-0.2, 0) is 32.7 Å². The lowest BCUT2D eigenvalue weighted by molar-refractivity contribution is -0.143. The van der Waals surface area contributed by atoms with Crippen molar-refractivity contribution in [2.45, 2.75) is 58.4 Å². The quantitative estimate of drug-likeness (QED) is 0.185. The third kappa shape index (κ3) is 6.91. The van der Waals surface area contributed by atoms with Crippen LogP contribution in [0.3, 0.4) is 0 Å². The standard InChI is InChI=1S/C37H39F2N5O5/c1-36(2)20-48-14-6-13-37(3,23-8-5-7-22(15-23)9-12-31(45)46)30-18-40-34(43-30)25-16-24(10-11-27(25)38)49-33-26(19-44(4)35(36)47)32-29(17-28(33)39)41-21-42-32/h5,7-8,10-11,15-18,21H,6,9,12-14,19-20H2,1-4H3,(H,40,43)(H,41,42)(H,45,46). The minimum absolute atomic E-state index is 0.00378. The molecule has 3 aromatic carbocycles. The molecular formula is C37H39F2N5O5. The van der Waals surface area contributed by atoms with Gasteiger partial charge >= 0.3 is 5.97 Å². The molecule has 12 heteroatoms. The molecule has 0 radical (unpaired) electrons. The number of H-pyrrole nitrogens is 2. The number of carboxylic acids is 1. The van der Waals surface area contributed by atoms with Crippen molar-refractivity contribution in [2.24, 2.45) is 5.41 Å². The number of aromatic amines is 2. The fourth-order valence-electron chi connectivity index (χ4n) is 6.46. The van der Waals surface area contributed by atoms with Gasteiger partial charge in [-0.3, -0.25) is 9.59 Å². The molecular weight excluding hydrogens is 632 g/mol. The van der Waals surface area contributed by atoms with E-state index >= 15 is 8.78 Å². The first-order valence-electron chi connectivity index (χ1n) is 16.2. The number of ether oxygens (including phenoxy) is 2. The van der Waals surface area contributed by atoms with Crippen molar-refractivity contribution in [2.75, 3.05) is 20.3 Å². The van der Waals surface area contributed by atoms with Crippen LogP contribution in [0.1, 0.15) is 62.4 Å². The molecule has 0 spiro atoms. The first-order chi connectivity index (χ1) is 23.4. The number of amides is 1. The largest absolute Gasteiger partial charge is 0.481 e. The number of aryl methyl sites for hydroxylation is 1. The van der Waals surface area contributed by atoms with E-state index in [1.807, 2.05) is 24.3 Å². The number of carbonyl (C=O) groups excluding carboxylic acids is 1. The van der Waals surface area contributed by atoms with Crippen LogP contribution < -0.4 is 4.74 Å². The Bertz CT molecular complexity index is 2020. The lowest BCUT2D eigenvalue weighted by Gasteiger charge is -2.31. The molecule has 4 bridgehead atoms. The zero-order valence-corrected chi connectivity index (χ0v) is 27.9. The van der Waals surface area contributed by atoms with Crippen molar-refractivity contribution in [3.63, 3.8) is 0 Å². The Morgan fingerprint density at radius 1 is 1.08 bits per heavy atom. The van der Waals surface area contributed by atoms with Crippen LogP contribution in [0.5, 0.6) is 11.5 Å². The van der Waals surface area contributed by atoms with E-state index in [4.69, 9.17) is 9.47 Å². The van der Waals surface area contributed by atoms with Gasteiger partial charge < -0.3 is 29.4 Å². The molecule has 0 saturated carbocycles. The number of benzene rings is 3. The van der Waals surface area contributed by atoms with Gasteiger partial charge in [0.25, 0.3) is 0 Å². The predicted molar refractivity (Wildman–Crippen MR) is 179 cm³/mol. The summed E-state index contributed by atoms with van der Waals surface area (Å²) in [6, 6.07) is 13.2. The van der Waals surface area contributed by atoms with Gasteiger partial charge in [0.2, 0.25) is 5.91 Å². The molecule has 0 aliphatic carbocycles. The maximum atomic E-state index is 15.7. The van der Waals surface area contributed by atoms with E-state index in [2.05, 4.69) is 26.9 Å². The highest BCUT2D eigenvalue weighted by Gasteiger charge is 2.34. The minimum Gasteiger partial charge on any atom is -0.481 e. The van der Waals surface area contributed by atoms with Crippen molar-refractivity contribution in [1.82, 2.24) is 24.8 Å². The number of nitrogens with zero attached hydrogens (tertiary/aromatic N) is 3. The molecule has 2 aromatic heterocycles. The minimum atomic E-state index is -0.900. The lowest BCUT2D eigenvalue weighted by Crippen LogP contribution is -2.41. The number of halogens is 2. The van der Waals surface area contributed by atoms with Gasteiger partial charge in [-0.05, 0) is 69.4 Å². The normalized spacial score (nSPS) is 18.7. The van der Waals surface area contributed by atoms with Crippen LogP contribution >= 0.6 is 0 Å². The average Bonchev–Trinajstić information content (AvgIpc) is 3.76. The molecule has 49 heavy (non-hydrogen) atoms. The van der Waals surface area contributed by atoms with Crippen molar-refractivity contribution < 1.29 is 33.0 Å². The van der Waals surface area contributed by atoms with Crippen molar-refractivity contribution >= 4 is 22.9 Å². The Balaban J connectivity index is 1.45. The van der Waals surface area contributed by atoms with Crippen LogP contribution in [0.25, 0.3) is 22.4 Å². The van der Waals surface area contributed by atoms with Crippen molar-refractivity contribution in [3.05, 3.63) is 95.1 Å².